The van der Waals surface area contributed by atoms with Gasteiger partial charge in [-0.3, -0.25) is 9.89 Å². The molecule has 0 fully saturated rings. The van der Waals surface area contributed by atoms with Gasteiger partial charge in [-0.25, -0.2) is 24.2 Å². The summed E-state index contributed by atoms with van der Waals surface area (Å²) in [7, 11) is 0. The molecule has 0 saturated carbocycles. The van der Waals surface area contributed by atoms with Gasteiger partial charge in [0.05, 0.1) is 17.9 Å². The van der Waals surface area contributed by atoms with Crippen molar-refractivity contribution < 1.29 is 189 Å². The molecule has 0 aromatic carbocycles. The number of nitrogens with one attached hydrogen (secondary N) is 1. The van der Waals surface area contributed by atoms with Crippen molar-refractivity contribution in [2.75, 3.05) is 0 Å². The first-order valence-corrected chi connectivity index (χ1v) is 16.7. The van der Waals surface area contributed by atoms with E-state index in [0.717, 1.165) is 18.5 Å². The van der Waals surface area contributed by atoms with Gasteiger partial charge in [0.25, 0.3) is 6.47 Å². The van der Waals surface area contributed by atoms with E-state index in [9.17, 15) is 29.3 Å². The standard InChI is InChI=1S/C15H16IN3O3.C10H14N2O3.C5H3FIN.CH2O3.CH4.2Cs.H/c1-15(2)7-10-9(6-11(15)20)13(14(21)22)18-19(10)12-5-8(16)3-4-17-12;1-10(2)4-6-5(3-7(10)13)8(9(14)15)12-11-6;6-5-3-4(7)1-2-8-5;2-1-4-3;;;;/h3-5,11,20H,6-7H2,1-2H3,(H,21,22);7,13H,3-4H2,1-2H3,(H,11,12)(H,14,15);1-3H;1,3H;1H4;;;/q;;;;;2*+1;-1/p-1. The number of fused-ring (bicyclic) bond motifs is 2. The normalized spacial score (nSPS) is 17.0. The summed E-state index contributed by atoms with van der Waals surface area (Å²) in [5.41, 5.74) is 2.40. The number of aromatic nitrogens is 6. The van der Waals surface area contributed by atoms with Crippen LogP contribution in [0, 0.1) is 23.9 Å². The second-order valence-corrected chi connectivity index (χ2v) is 14.9. The molecule has 4 aromatic heterocycles. The summed E-state index contributed by atoms with van der Waals surface area (Å²) in [6.07, 6.45) is 3.86. The van der Waals surface area contributed by atoms with Crippen molar-refractivity contribution in [1.82, 2.24) is 29.9 Å². The SMILES string of the molecule is C.CC1(C)Cc2[nH]nc(C(=O)O)c2CC1O.CC1(C)Cc2c(c(C(=O)O)nn2-c2cc(I)ccn2)CC1O.Fc1cc(I)ccn1.O=CO[O-].[Cs+].[Cs+].[H-]. The molecule has 6 rings (SSSR count). The van der Waals surface area contributed by atoms with Crippen LogP contribution in [0.2, 0.25) is 0 Å². The van der Waals surface area contributed by atoms with Gasteiger partial charge in [0.2, 0.25) is 5.95 Å². The molecule has 0 amide bonds. The number of hydrogen-bond acceptors (Lipinski definition) is 11. The third-order valence-corrected chi connectivity index (χ3v) is 9.30. The Morgan fingerprint density at radius 1 is 0.962 bits per heavy atom. The van der Waals surface area contributed by atoms with Crippen molar-refractivity contribution in [1.29, 1.82) is 0 Å². The predicted octanol–water partition coefficient (Wildman–Crippen LogP) is -2.33. The maximum absolute atomic E-state index is 12.1. The summed E-state index contributed by atoms with van der Waals surface area (Å²) >= 11 is 4.21. The minimum atomic E-state index is -1.08. The zero-order chi connectivity index (χ0) is 36.7. The average molecular weight is 1190 g/mol. The van der Waals surface area contributed by atoms with Gasteiger partial charge in [0, 0.05) is 55.3 Å². The number of halogens is 3. The number of nitrogens with zero attached hydrogens (tertiary/aromatic N) is 5. The van der Waals surface area contributed by atoms with Crippen LogP contribution in [-0.2, 0) is 35.4 Å². The van der Waals surface area contributed by atoms with E-state index in [0.29, 0.717) is 42.6 Å². The number of carbonyl (C=O) groups is 3. The minimum Gasteiger partial charge on any atom is -1.00 e. The fourth-order valence-corrected chi connectivity index (χ4v) is 5.99. The van der Waals surface area contributed by atoms with Crippen molar-refractivity contribution in [2.24, 2.45) is 10.8 Å². The van der Waals surface area contributed by atoms with E-state index in [1.54, 1.807) is 16.9 Å². The topological polar surface area (TPSA) is 237 Å². The van der Waals surface area contributed by atoms with E-state index in [-0.39, 0.29) is 175 Å². The summed E-state index contributed by atoms with van der Waals surface area (Å²) < 4.78 is 15.5. The molecule has 0 aliphatic heterocycles. The second kappa shape index (κ2) is 23.7. The zero-order valence-corrected chi connectivity index (χ0v) is 45.6. The van der Waals surface area contributed by atoms with E-state index in [2.05, 4.69) is 52.7 Å². The van der Waals surface area contributed by atoms with Gasteiger partial charge < -0.3 is 32.0 Å². The molecule has 52 heavy (non-hydrogen) atoms. The summed E-state index contributed by atoms with van der Waals surface area (Å²) in [6.45, 7) is 7.69. The monoisotopic (exact) mass is 1190 g/mol. The fourth-order valence-electron chi connectivity index (χ4n) is 5.14. The van der Waals surface area contributed by atoms with Crippen molar-refractivity contribution in [2.45, 2.75) is 73.0 Å². The number of carboxylic acid groups (broad SMARTS) is 2. The van der Waals surface area contributed by atoms with E-state index in [1.165, 1.54) is 12.3 Å². The molecule has 0 radical (unpaired) electrons. The Morgan fingerprint density at radius 3 is 1.92 bits per heavy atom. The van der Waals surface area contributed by atoms with E-state index in [4.69, 9.17) is 15.2 Å². The Balaban J connectivity index is 0. The maximum Gasteiger partial charge on any atom is 1.00 e. The Morgan fingerprint density at radius 2 is 1.46 bits per heavy atom. The number of rotatable bonds is 4. The van der Waals surface area contributed by atoms with Crippen LogP contribution in [0.5, 0.6) is 0 Å². The Kier molecular flexibility index (Phi) is 23.9. The van der Waals surface area contributed by atoms with Gasteiger partial charge in [-0.1, -0.05) is 35.1 Å². The van der Waals surface area contributed by atoms with Crippen molar-refractivity contribution in [3.05, 3.63) is 83.6 Å². The number of carbonyl (C=O) groups excluding carboxylic acids is 1. The first-order chi connectivity index (χ1) is 22.9. The molecule has 20 heteroatoms. The molecule has 5 N–H and O–H groups in total. The summed E-state index contributed by atoms with van der Waals surface area (Å²) in [5.74, 6) is -1.94. The van der Waals surface area contributed by atoms with Gasteiger partial charge >= 0.3 is 150 Å². The largest absolute Gasteiger partial charge is 1.00 e. The van der Waals surface area contributed by atoms with Crippen LogP contribution >= 0.6 is 45.2 Å². The van der Waals surface area contributed by atoms with Crippen LogP contribution in [-0.4, -0.2) is 81.0 Å². The van der Waals surface area contributed by atoms with E-state index >= 15 is 0 Å². The summed E-state index contributed by atoms with van der Waals surface area (Å²) in [6, 6.07) is 6.84. The molecule has 274 valence electrons. The van der Waals surface area contributed by atoms with Gasteiger partial charge in [-0.05, 0) is 87.1 Å². The molecule has 15 nitrogen and oxygen atoms in total. The fraction of sp³-hybridized carbons (Fsp3) is 0.406. The number of aliphatic hydroxyl groups excluding tert-OH is 2. The van der Waals surface area contributed by atoms with Gasteiger partial charge in [0.15, 0.2) is 17.2 Å². The molecular formula is C32H39Cs2FI2N6O9. The molecule has 0 spiro atoms. The predicted molar refractivity (Wildman–Crippen MR) is 193 cm³/mol. The van der Waals surface area contributed by atoms with Crippen LogP contribution in [0.15, 0.2) is 36.7 Å². The number of hydrogen-bond donors (Lipinski definition) is 5. The van der Waals surface area contributed by atoms with Crippen molar-refractivity contribution in [3.8, 4) is 5.82 Å². The summed E-state index contributed by atoms with van der Waals surface area (Å²) in [5, 5.41) is 57.6. The molecular weight excluding hydrogens is 1150 g/mol. The molecule has 4 heterocycles. The number of carboxylic acids is 2. The summed E-state index contributed by atoms with van der Waals surface area (Å²) in [4.78, 5) is 41.2. The van der Waals surface area contributed by atoms with E-state index in [1.807, 2.05) is 62.4 Å². The molecule has 0 saturated heterocycles. The molecule has 2 unspecified atom stereocenters. The Labute approximate surface area is 446 Å². The van der Waals surface area contributed by atoms with Crippen LogP contribution in [0.1, 0.15) is 80.0 Å². The molecule has 2 aliphatic rings. The smallest absolute Gasteiger partial charge is 1.00 e. The number of aliphatic hydroxyl groups is 2. The third-order valence-electron chi connectivity index (χ3n) is 7.95. The number of aromatic carboxylic acids is 2. The van der Waals surface area contributed by atoms with Gasteiger partial charge in [-0.2, -0.15) is 14.6 Å². The second-order valence-electron chi connectivity index (χ2n) is 12.4. The van der Waals surface area contributed by atoms with Crippen LogP contribution in [0.3, 0.4) is 0 Å². The van der Waals surface area contributed by atoms with Gasteiger partial charge in [-0.15, -0.1) is 0 Å². The van der Waals surface area contributed by atoms with Crippen LogP contribution in [0.4, 0.5) is 4.39 Å². The number of H-pyrrole nitrogens is 1. The van der Waals surface area contributed by atoms with E-state index < -0.39 is 30.1 Å². The van der Waals surface area contributed by atoms with Crippen LogP contribution in [0.25, 0.3) is 5.82 Å². The Hall–Kier alpha value is 0.504. The zero-order valence-electron chi connectivity index (χ0n) is 29.7. The first-order valence-electron chi connectivity index (χ1n) is 14.5. The van der Waals surface area contributed by atoms with Crippen molar-refractivity contribution in [3.63, 3.8) is 0 Å². The number of aromatic amines is 1. The average Bonchev–Trinajstić information content (AvgIpc) is 3.58. The molecule has 0 bridgehead atoms. The van der Waals surface area contributed by atoms with Gasteiger partial charge in [0.1, 0.15) is 0 Å². The molecule has 2 aliphatic carbocycles. The van der Waals surface area contributed by atoms with Crippen LogP contribution < -0.4 is 143 Å². The van der Waals surface area contributed by atoms with Crippen molar-refractivity contribution >= 4 is 63.6 Å². The quantitative estimate of drug-likeness (QED) is 0.0475. The molecule has 2 atom stereocenters. The molecule has 4 aromatic rings. The maximum atomic E-state index is 12.1. The third kappa shape index (κ3) is 14.5. The first kappa shape index (κ1) is 52.5. The Bertz CT molecular complexity index is 1800. The number of pyridine rings is 2. The minimum absolute atomic E-state index is 0.